The molecule has 3 aromatic rings. The molecule has 22 heavy (non-hydrogen) atoms. The van der Waals surface area contributed by atoms with Crippen LogP contribution in [0.15, 0.2) is 89.8 Å². The maximum Gasteiger partial charge on any atom is 0.0574 e. The molecule has 0 aliphatic heterocycles. The van der Waals surface area contributed by atoms with Crippen LogP contribution in [0.1, 0.15) is 16.7 Å². The van der Waals surface area contributed by atoms with Gasteiger partial charge in [-0.1, -0.05) is 72.8 Å². The van der Waals surface area contributed by atoms with Gasteiger partial charge in [0, 0.05) is 4.90 Å². The molecule has 0 aliphatic carbocycles. The highest BCUT2D eigenvalue weighted by atomic mass is 32.2. The second-order valence-electron chi connectivity index (χ2n) is 5.23. The van der Waals surface area contributed by atoms with E-state index < -0.39 is 10.8 Å². The lowest BCUT2D eigenvalue weighted by atomic mass is 10.0. The van der Waals surface area contributed by atoms with Crippen molar-refractivity contribution in [3.8, 4) is 0 Å². The predicted octanol–water partition coefficient (Wildman–Crippen LogP) is 4.59. The smallest absolute Gasteiger partial charge is 0.0574 e. The molecular formula is C20H18OS. The van der Waals surface area contributed by atoms with Gasteiger partial charge in [0.05, 0.1) is 16.6 Å². The van der Waals surface area contributed by atoms with E-state index in [1.807, 2.05) is 48.5 Å². The molecule has 0 saturated heterocycles. The SMILES string of the molecule is O=S(Cc1ccccc1Cc1ccccc1)c1ccccc1. The van der Waals surface area contributed by atoms with Crippen molar-refractivity contribution in [1.82, 2.24) is 0 Å². The predicted molar refractivity (Wildman–Crippen MR) is 92.2 cm³/mol. The van der Waals surface area contributed by atoms with Crippen LogP contribution in [0.5, 0.6) is 0 Å². The Bertz CT molecular complexity index is 751. The summed E-state index contributed by atoms with van der Waals surface area (Å²) in [5.74, 6) is 0.563. The lowest BCUT2D eigenvalue weighted by Gasteiger charge is -2.10. The van der Waals surface area contributed by atoms with Gasteiger partial charge >= 0.3 is 0 Å². The molecule has 1 nitrogen and oxygen atoms in total. The van der Waals surface area contributed by atoms with Gasteiger partial charge in [-0.05, 0) is 35.2 Å². The lowest BCUT2D eigenvalue weighted by Crippen LogP contribution is -2.01. The van der Waals surface area contributed by atoms with E-state index in [1.165, 1.54) is 11.1 Å². The molecule has 110 valence electrons. The molecular weight excluding hydrogens is 288 g/mol. The molecule has 0 fully saturated rings. The average Bonchev–Trinajstić information content (AvgIpc) is 2.58. The van der Waals surface area contributed by atoms with E-state index in [0.717, 1.165) is 16.9 Å². The van der Waals surface area contributed by atoms with Crippen molar-refractivity contribution in [3.05, 3.63) is 102 Å². The Labute approximate surface area is 134 Å². The molecule has 0 amide bonds. The summed E-state index contributed by atoms with van der Waals surface area (Å²) < 4.78 is 12.5. The van der Waals surface area contributed by atoms with Crippen molar-refractivity contribution in [2.45, 2.75) is 17.1 Å². The van der Waals surface area contributed by atoms with Crippen LogP contribution in [0, 0.1) is 0 Å². The van der Waals surface area contributed by atoms with Crippen LogP contribution in [0.4, 0.5) is 0 Å². The molecule has 0 aromatic heterocycles. The van der Waals surface area contributed by atoms with E-state index in [9.17, 15) is 4.21 Å². The minimum absolute atomic E-state index is 0.563. The van der Waals surface area contributed by atoms with Gasteiger partial charge in [0.2, 0.25) is 0 Å². The van der Waals surface area contributed by atoms with E-state index in [4.69, 9.17) is 0 Å². The van der Waals surface area contributed by atoms with Crippen LogP contribution >= 0.6 is 0 Å². The second kappa shape index (κ2) is 7.19. The van der Waals surface area contributed by atoms with Gasteiger partial charge in [0.15, 0.2) is 0 Å². The summed E-state index contributed by atoms with van der Waals surface area (Å²) >= 11 is 0. The monoisotopic (exact) mass is 306 g/mol. The minimum Gasteiger partial charge on any atom is -0.254 e. The van der Waals surface area contributed by atoms with Crippen molar-refractivity contribution >= 4 is 10.8 Å². The maximum atomic E-state index is 12.5. The van der Waals surface area contributed by atoms with Crippen LogP contribution < -0.4 is 0 Å². The summed E-state index contributed by atoms with van der Waals surface area (Å²) in [4.78, 5) is 0.886. The summed E-state index contributed by atoms with van der Waals surface area (Å²) in [5.41, 5.74) is 3.69. The van der Waals surface area contributed by atoms with Crippen molar-refractivity contribution < 1.29 is 4.21 Å². The zero-order chi connectivity index (χ0) is 15.2. The minimum atomic E-state index is -1.00. The van der Waals surface area contributed by atoms with Gasteiger partial charge in [0.1, 0.15) is 0 Å². The molecule has 2 heteroatoms. The number of hydrogen-bond acceptors (Lipinski definition) is 1. The molecule has 0 heterocycles. The molecule has 3 aromatic carbocycles. The summed E-state index contributed by atoms with van der Waals surface area (Å²) in [6, 6.07) is 28.3. The molecule has 0 N–H and O–H groups in total. The van der Waals surface area contributed by atoms with Crippen molar-refractivity contribution in [2.75, 3.05) is 0 Å². The van der Waals surface area contributed by atoms with Crippen LogP contribution in [-0.4, -0.2) is 4.21 Å². The number of rotatable bonds is 5. The highest BCUT2D eigenvalue weighted by Crippen LogP contribution is 2.18. The van der Waals surface area contributed by atoms with Crippen molar-refractivity contribution in [3.63, 3.8) is 0 Å². The number of hydrogen-bond donors (Lipinski definition) is 0. The fourth-order valence-corrected chi connectivity index (χ4v) is 3.67. The average molecular weight is 306 g/mol. The number of benzene rings is 3. The van der Waals surface area contributed by atoms with Gasteiger partial charge in [-0.3, -0.25) is 4.21 Å². The second-order valence-corrected chi connectivity index (χ2v) is 6.69. The first-order valence-corrected chi connectivity index (χ1v) is 8.69. The van der Waals surface area contributed by atoms with Crippen LogP contribution in [0.2, 0.25) is 0 Å². The van der Waals surface area contributed by atoms with Crippen molar-refractivity contribution in [1.29, 1.82) is 0 Å². The van der Waals surface area contributed by atoms with E-state index in [1.54, 1.807) is 0 Å². The molecule has 0 saturated carbocycles. The van der Waals surface area contributed by atoms with Crippen LogP contribution in [0.3, 0.4) is 0 Å². The topological polar surface area (TPSA) is 17.1 Å². The van der Waals surface area contributed by atoms with Gasteiger partial charge in [-0.15, -0.1) is 0 Å². The van der Waals surface area contributed by atoms with Gasteiger partial charge in [-0.2, -0.15) is 0 Å². The Hall–Kier alpha value is -2.19. The highest BCUT2D eigenvalue weighted by molar-refractivity contribution is 7.84. The Balaban J connectivity index is 1.81. The van der Waals surface area contributed by atoms with E-state index in [2.05, 4.69) is 36.4 Å². The molecule has 1 unspecified atom stereocenters. The Morgan fingerprint density at radius 1 is 0.636 bits per heavy atom. The molecule has 0 spiro atoms. The first-order valence-electron chi connectivity index (χ1n) is 7.37. The van der Waals surface area contributed by atoms with Crippen LogP contribution in [0.25, 0.3) is 0 Å². The molecule has 0 aliphatic rings. The zero-order valence-corrected chi connectivity index (χ0v) is 13.1. The normalized spacial score (nSPS) is 12.0. The first-order chi connectivity index (χ1) is 10.8. The Kier molecular flexibility index (Phi) is 4.81. The summed E-state index contributed by atoms with van der Waals surface area (Å²) in [7, 11) is -1.00. The van der Waals surface area contributed by atoms with E-state index >= 15 is 0 Å². The fraction of sp³-hybridized carbons (Fsp3) is 0.100. The summed E-state index contributed by atoms with van der Waals surface area (Å²) in [5, 5.41) is 0. The quantitative estimate of drug-likeness (QED) is 0.674. The van der Waals surface area contributed by atoms with E-state index in [0.29, 0.717) is 5.75 Å². The molecule has 1 atom stereocenters. The van der Waals surface area contributed by atoms with Crippen molar-refractivity contribution in [2.24, 2.45) is 0 Å². The largest absolute Gasteiger partial charge is 0.254 e. The zero-order valence-electron chi connectivity index (χ0n) is 12.3. The highest BCUT2D eigenvalue weighted by Gasteiger charge is 2.08. The maximum absolute atomic E-state index is 12.5. The van der Waals surface area contributed by atoms with Crippen LogP contribution in [-0.2, 0) is 23.0 Å². The molecule has 3 rings (SSSR count). The van der Waals surface area contributed by atoms with Gasteiger partial charge in [-0.25, -0.2) is 0 Å². The third-order valence-electron chi connectivity index (χ3n) is 3.65. The fourth-order valence-electron chi connectivity index (χ4n) is 2.48. The Morgan fingerprint density at radius 2 is 1.18 bits per heavy atom. The van der Waals surface area contributed by atoms with Gasteiger partial charge < -0.3 is 0 Å². The molecule has 0 radical (unpaired) electrons. The van der Waals surface area contributed by atoms with E-state index in [-0.39, 0.29) is 0 Å². The molecule has 0 bridgehead atoms. The summed E-state index contributed by atoms with van der Waals surface area (Å²) in [6.45, 7) is 0. The first kappa shape index (κ1) is 14.7. The third kappa shape index (κ3) is 3.71. The Morgan fingerprint density at radius 3 is 1.86 bits per heavy atom. The van der Waals surface area contributed by atoms with Gasteiger partial charge in [0.25, 0.3) is 0 Å². The lowest BCUT2D eigenvalue weighted by molar-refractivity contribution is 0.682. The standard InChI is InChI=1S/C20H18OS/c21-22(20-13-5-2-6-14-20)16-19-12-8-7-11-18(19)15-17-9-3-1-4-10-17/h1-14H,15-16H2. The third-order valence-corrected chi connectivity index (χ3v) is 5.02. The summed E-state index contributed by atoms with van der Waals surface area (Å²) in [6.07, 6.45) is 0.878.